The first kappa shape index (κ1) is 13.3. The van der Waals surface area contributed by atoms with Crippen molar-refractivity contribution in [1.82, 2.24) is 19.9 Å². The number of anilines is 2. The molecule has 0 atom stereocenters. The van der Waals surface area contributed by atoms with Gasteiger partial charge in [-0.25, -0.2) is 4.98 Å². The predicted octanol–water partition coefficient (Wildman–Crippen LogP) is 2.15. The maximum atomic E-state index is 12.2. The summed E-state index contributed by atoms with van der Waals surface area (Å²) in [5.74, 6) is -0.237. The number of benzene rings is 1. The number of hydrogen-bond acceptors (Lipinski definition) is 5. The van der Waals surface area contributed by atoms with Crippen molar-refractivity contribution >= 4 is 40.3 Å². The van der Waals surface area contributed by atoms with Gasteiger partial charge in [-0.15, -0.1) is 0 Å². The van der Waals surface area contributed by atoms with Crippen molar-refractivity contribution in [2.75, 3.05) is 11.1 Å². The van der Waals surface area contributed by atoms with Gasteiger partial charge in [-0.3, -0.25) is 10.1 Å². The highest BCUT2D eigenvalue weighted by atomic mass is 35.5. The average Bonchev–Trinajstić information content (AvgIpc) is 2.87. The number of nitrogens with zero attached hydrogens (tertiary/aromatic N) is 3. The van der Waals surface area contributed by atoms with Crippen molar-refractivity contribution in [2.24, 2.45) is 0 Å². The van der Waals surface area contributed by atoms with Crippen molar-refractivity contribution in [2.45, 2.75) is 6.92 Å². The van der Waals surface area contributed by atoms with Gasteiger partial charge in [-0.05, 0) is 30.7 Å². The molecule has 0 unspecified atom stereocenters. The van der Waals surface area contributed by atoms with E-state index in [-0.39, 0.29) is 17.0 Å². The highest BCUT2D eigenvalue weighted by Crippen LogP contribution is 2.19. The Morgan fingerprint density at radius 1 is 1.38 bits per heavy atom. The zero-order valence-electron chi connectivity index (χ0n) is 11.0. The monoisotopic (exact) mass is 302 g/mol. The summed E-state index contributed by atoms with van der Waals surface area (Å²) in [7, 11) is 0. The lowest BCUT2D eigenvalue weighted by Crippen LogP contribution is -2.15. The van der Waals surface area contributed by atoms with E-state index in [1.807, 2.05) is 0 Å². The first-order chi connectivity index (χ1) is 10.0. The third-order valence-corrected chi connectivity index (χ3v) is 3.24. The Morgan fingerprint density at radius 2 is 2.19 bits per heavy atom. The average molecular weight is 303 g/mol. The SMILES string of the molecule is Cc1cc(N)ccc1C(=O)Nc1nc(Cl)c2[nH]cnc2n1. The molecule has 0 saturated carbocycles. The van der Waals surface area contributed by atoms with Gasteiger partial charge in [0.15, 0.2) is 10.8 Å². The molecule has 1 aromatic carbocycles. The Kier molecular flexibility index (Phi) is 3.19. The van der Waals surface area contributed by atoms with E-state index < -0.39 is 0 Å². The van der Waals surface area contributed by atoms with Crippen LogP contribution in [0.2, 0.25) is 5.15 Å². The third-order valence-electron chi connectivity index (χ3n) is 2.96. The Morgan fingerprint density at radius 3 is 2.95 bits per heavy atom. The molecule has 106 valence electrons. The molecule has 21 heavy (non-hydrogen) atoms. The minimum atomic E-state index is -0.335. The number of imidazole rings is 1. The molecule has 8 heteroatoms. The van der Waals surface area contributed by atoms with Crippen LogP contribution in [0.3, 0.4) is 0 Å². The highest BCUT2D eigenvalue weighted by molar-refractivity contribution is 6.33. The number of nitrogens with two attached hydrogens (primary N) is 1. The lowest BCUT2D eigenvalue weighted by atomic mass is 10.1. The van der Waals surface area contributed by atoms with E-state index in [0.717, 1.165) is 5.56 Å². The summed E-state index contributed by atoms with van der Waals surface area (Å²) < 4.78 is 0. The van der Waals surface area contributed by atoms with Gasteiger partial charge in [0.2, 0.25) is 5.95 Å². The molecule has 0 radical (unpaired) electrons. The van der Waals surface area contributed by atoms with Gasteiger partial charge in [0.05, 0.1) is 6.33 Å². The molecule has 0 aliphatic heterocycles. The zero-order chi connectivity index (χ0) is 15.0. The number of aromatic amines is 1. The molecule has 3 aromatic rings. The number of hydrogen-bond donors (Lipinski definition) is 3. The number of amides is 1. The first-order valence-corrected chi connectivity index (χ1v) is 6.46. The third kappa shape index (κ3) is 2.50. The molecular weight excluding hydrogens is 292 g/mol. The van der Waals surface area contributed by atoms with E-state index in [9.17, 15) is 4.79 Å². The number of rotatable bonds is 2. The highest BCUT2D eigenvalue weighted by Gasteiger charge is 2.13. The Labute approximate surface area is 124 Å². The van der Waals surface area contributed by atoms with Crippen molar-refractivity contribution in [3.8, 4) is 0 Å². The van der Waals surface area contributed by atoms with Crippen LogP contribution >= 0.6 is 11.6 Å². The second-order valence-electron chi connectivity index (χ2n) is 4.47. The summed E-state index contributed by atoms with van der Waals surface area (Å²) >= 11 is 5.99. The van der Waals surface area contributed by atoms with Gasteiger partial charge >= 0.3 is 0 Å². The normalized spacial score (nSPS) is 10.8. The van der Waals surface area contributed by atoms with Gasteiger partial charge in [0.1, 0.15) is 5.52 Å². The molecule has 4 N–H and O–H groups in total. The van der Waals surface area contributed by atoms with Crippen LogP contribution in [0.5, 0.6) is 0 Å². The van der Waals surface area contributed by atoms with Crippen molar-refractivity contribution in [3.05, 3.63) is 40.8 Å². The fraction of sp³-hybridized carbons (Fsp3) is 0.0769. The second-order valence-corrected chi connectivity index (χ2v) is 4.83. The number of aromatic nitrogens is 4. The summed E-state index contributed by atoms with van der Waals surface area (Å²) in [5.41, 5.74) is 8.43. The number of nitrogens with one attached hydrogen (secondary N) is 2. The maximum Gasteiger partial charge on any atom is 0.258 e. The maximum absolute atomic E-state index is 12.2. The number of H-pyrrole nitrogens is 1. The quantitative estimate of drug-likeness (QED) is 0.496. The van der Waals surface area contributed by atoms with E-state index in [4.69, 9.17) is 17.3 Å². The molecule has 0 bridgehead atoms. The van der Waals surface area contributed by atoms with E-state index in [1.165, 1.54) is 6.33 Å². The Bertz CT molecular complexity index is 844. The number of aryl methyl sites for hydroxylation is 1. The fourth-order valence-electron chi connectivity index (χ4n) is 1.96. The lowest BCUT2D eigenvalue weighted by molar-refractivity contribution is 0.102. The van der Waals surface area contributed by atoms with Crippen molar-refractivity contribution in [1.29, 1.82) is 0 Å². The molecule has 2 heterocycles. The Hall–Kier alpha value is -2.67. The van der Waals surface area contributed by atoms with Crippen LogP contribution < -0.4 is 11.1 Å². The van der Waals surface area contributed by atoms with Crippen LogP contribution in [-0.4, -0.2) is 25.8 Å². The topological polar surface area (TPSA) is 110 Å². The van der Waals surface area contributed by atoms with E-state index in [2.05, 4.69) is 25.3 Å². The molecule has 0 fully saturated rings. The van der Waals surface area contributed by atoms with Crippen LogP contribution in [-0.2, 0) is 0 Å². The predicted molar refractivity (Wildman–Crippen MR) is 80.2 cm³/mol. The zero-order valence-corrected chi connectivity index (χ0v) is 11.8. The van der Waals surface area contributed by atoms with E-state index in [1.54, 1.807) is 25.1 Å². The number of nitrogen functional groups attached to an aromatic ring is 1. The summed E-state index contributed by atoms with van der Waals surface area (Å²) in [6.45, 7) is 1.80. The number of halogens is 1. The summed E-state index contributed by atoms with van der Waals surface area (Å²) in [5, 5.41) is 2.80. The van der Waals surface area contributed by atoms with Gasteiger partial charge in [-0.2, -0.15) is 9.97 Å². The minimum absolute atomic E-state index is 0.0980. The van der Waals surface area contributed by atoms with Crippen molar-refractivity contribution in [3.63, 3.8) is 0 Å². The Balaban J connectivity index is 1.92. The largest absolute Gasteiger partial charge is 0.399 e. The summed E-state index contributed by atoms with van der Waals surface area (Å²) in [4.78, 5) is 27.2. The molecular formula is C13H11ClN6O. The molecule has 7 nitrogen and oxygen atoms in total. The van der Waals surface area contributed by atoms with Crippen LogP contribution in [0.1, 0.15) is 15.9 Å². The first-order valence-electron chi connectivity index (χ1n) is 6.08. The fourth-order valence-corrected chi connectivity index (χ4v) is 2.18. The van der Waals surface area contributed by atoms with Crippen molar-refractivity contribution < 1.29 is 4.79 Å². The number of carbonyl (C=O) groups excluding carboxylic acids is 1. The van der Waals surface area contributed by atoms with Crippen LogP contribution in [0.4, 0.5) is 11.6 Å². The molecule has 3 rings (SSSR count). The smallest absolute Gasteiger partial charge is 0.258 e. The van der Waals surface area contributed by atoms with Crippen LogP contribution in [0.25, 0.3) is 11.2 Å². The lowest BCUT2D eigenvalue weighted by Gasteiger charge is -2.07. The standard InChI is InChI=1S/C13H11ClN6O/c1-6-4-7(15)2-3-8(6)12(21)20-13-18-10(14)9-11(19-13)17-5-16-9/h2-5H,15H2,1H3,(H2,16,17,18,19,20,21). The van der Waals surface area contributed by atoms with Gasteiger partial charge in [0, 0.05) is 11.3 Å². The minimum Gasteiger partial charge on any atom is -0.399 e. The van der Waals surface area contributed by atoms with E-state index in [0.29, 0.717) is 22.4 Å². The molecule has 2 aromatic heterocycles. The molecule has 1 amide bonds. The molecule has 0 saturated heterocycles. The molecule has 0 spiro atoms. The summed E-state index contributed by atoms with van der Waals surface area (Å²) in [6.07, 6.45) is 1.46. The van der Waals surface area contributed by atoms with E-state index >= 15 is 0 Å². The summed E-state index contributed by atoms with van der Waals surface area (Å²) in [6, 6.07) is 5.03. The van der Waals surface area contributed by atoms with Gasteiger partial charge in [-0.1, -0.05) is 11.6 Å². The number of fused-ring (bicyclic) bond motifs is 1. The molecule has 0 aliphatic rings. The van der Waals surface area contributed by atoms with Crippen LogP contribution in [0, 0.1) is 6.92 Å². The number of carbonyl (C=O) groups is 1. The van der Waals surface area contributed by atoms with Gasteiger partial charge in [0.25, 0.3) is 5.91 Å². The second kappa shape index (κ2) is 5.02. The van der Waals surface area contributed by atoms with Gasteiger partial charge < -0.3 is 10.7 Å². The molecule has 0 aliphatic carbocycles. The van der Waals surface area contributed by atoms with Crippen LogP contribution in [0.15, 0.2) is 24.5 Å².